The van der Waals surface area contributed by atoms with Crippen molar-refractivity contribution >= 4 is 63.9 Å². The molecule has 1 rings (SSSR count). The van der Waals surface area contributed by atoms with Crippen LogP contribution in [0.3, 0.4) is 0 Å². The first-order chi connectivity index (χ1) is 10.6. The molecule has 23 heavy (non-hydrogen) atoms. The van der Waals surface area contributed by atoms with Crippen molar-refractivity contribution in [2.45, 2.75) is 30.7 Å². The average Bonchev–Trinajstić information content (AvgIpc) is 2.40. The van der Waals surface area contributed by atoms with Crippen LogP contribution in [0.25, 0.3) is 0 Å². The molecular weight excluding hydrogens is 381 g/mol. The van der Waals surface area contributed by atoms with Crippen molar-refractivity contribution in [1.29, 1.82) is 0 Å². The topological polar surface area (TPSA) is 62.4 Å². The van der Waals surface area contributed by atoms with Crippen LogP contribution in [0.5, 0.6) is 0 Å². The first-order valence-corrected chi connectivity index (χ1v) is 8.32. The number of aryl methyl sites for hydroxylation is 2. The average molecular weight is 399 g/mol. The van der Waals surface area contributed by atoms with Gasteiger partial charge in [0.15, 0.2) is 11.3 Å². The Kier molecular flexibility index (Phi) is 7.67. The van der Waals surface area contributed by atoms with Crippen molar-refractivity contribution < 1.29 is 9.53 Å². The maximum Gasteiger partial charge on any atom is 0.408 e. The van der Waals surface area contributed by atoms with E-state index in [1.165, 1.54) is 0 Å². The molecular formula is C14H18Cl3N3O2S. The number of carbonyl (C=O) groups excluding carboxylic acids is 1. The molecule has 0 saturated carbocycles. The van der Waals surface area contributed by atoms with Crippen LogP contribution in [0.15, 0.2) is 18.2 Å². The third-order valence-corrected chi connectivity index (χ3v) is 3.65. The first kappa shape index (κ1) is 20.1. The van der Waals surface area contributed by atoms with Crippen molar-refractivity contribution in [1.82, 2.24) is 10.6 Å². The van der Waals surface area contributed by atoms with E-state index in [9.17, 15) is 4.79 Å². The Morgan fingerprint density at radius 2 is 1.96 bits per heavy atom. The van der Waals surface area contributed by atoms with E-state index in [0.717, 1.165) is 16.8 Å². The second kappa shape index (κ2) is 8.78. The SMILES string of the molecule is CCOC(=O)NC(NC(=S)Nc1ccc(C)cc1C)C(Cl)(Cl)Cl. The monoisotopic (exact) mass is 397 g/mol. The minimum absolute atomic E-state index is 0.198. The molecule has 9 heteroatoms. The van der Waals surface area contributed by atoms with E-state index in [1.54, 1.807) is 6.92 Å². The lowest BCUT2D eigenvalue weighted by molar-refractivity contribution is 0.147. The minimum atomic E-state index is -1.82. The number of anilines is 1. The fraction of sp³-hybridized carbons (Fsp3) is 0.429. The Morgan fingerprint density at radius 1 is 1.30 bits per heavy atom. The molecule has 0 bridgehead atoms. The number of benzene rings is 1. The number of hydrogen-bond acceptors (Lipinski definition) is 3. The van der Waals surface area contributed by atoms with E-state index in [0.29, 0.717) is 0 Å². The highest BCUT2D eigenvalue weighted by Crippen LogP contribution is 2.29. The van der Waals surface area contributed by atoms with Gasteiger partial charge in [-0.15, -0.1) is 0 Å². The molecule has 0 fully saturated rings. The summed E-state index contributed by atoms with van der Waals surface area (Å²) in [7, 11) is 0. The lowest BCUT2D eigenvalue weighted by Gasteiger charge is -2.27. The van der Waals surface area contributed by atoms with Gasteiger partial charge in [0.1, 0.15) is 0 Å². The Morgan fingerprint density at radius 3 is 2.48 bits per heavy atom. The second-order valence-corrected chi connectivity index (χ2v) is 7.53. The number of nitrogens with one attached hydrogen (secondary N) is 3. The third-order valence-electron chi connectivity index (χ3n) is 2.77. The largest absolute Gasteiger partial charge is 0.450 e. The molecule has 0 saturated heterocycles. The van der Waals surface area contributed by atoms with E-state index in [4.69, 9.17) is 51.8 Å². The minimum Gasteiger partial charge on any atom is -0.450 e. The fourth-order valence-corrected chi connectivity index (χ4v) is 2.29. The van der Waals surface area contributed by atoms with E-state index in [2.05, 4.69) is 16.0 Å². The molecule has 128 valence electrons. The quantitative estimate of drug-likeness (QED) is 0.406. The van der Waals surface area contributed by atoms with Crippen LogP contribution >= 0.6 is 47.0 Å². The van der Waals surface area contributed by atoms with Crippen LogP contribution in [0.4, 0.5) is 10.5 Å². The Hall–Kier alpha value is -0.950. The van der Waals surface area contributed by atoms with Gasteiger partial charge < -0.3 is 15.4 Å². The summed E-state index contributed by atoms with van der Waals surface area (Å²) >= 11 is 22.8. The van der Waals surface area contributed by atoms with Crippen molar-refractivity contribution in [2.75, 3.05) is 11.9 Å². The molecule has 1 aromatic carbocycles. The van der Waals surface area contributed by atoms with Gasteiger partial charge in [0.2, 0.25) is 3.79 Å². The van der Waals surface area contributed by atoms with Gasteiger partial charge in [-0.25, -0.2) is 4.79 Å². The summed E-state index contributed by atoms with van der Waals surface area (Å²) in [6.45, 7) is 5.81. The zero-order valence-corrected chi connectivity index (χ0v) is 16.0. The maximum atomic E-state index is 11.5. The molecule has 0 aliphatic heterocycles. The Balaban J connectivity index is 2.75. The van der Waals surface area contributed by atoms with Gasteiger partial charge >= 0.3 is 6.09 Å². The van der Waals surface area contributed by atoms with Crippen molar-refractivity contribution in [3.63, 3.8) is 0 Å². The van der Waals surface area contributed by atoms with E-state index in [1.807, 2.05) is 32.0 Å². The normalized spacial score (nSPS) is 12.3. The summed E-state index contributed by atoms with van der Waals surface area (Å²) in [6, 6.07) is 5.84. The summed E-state index contributed by atoms with van der Waals surface area (Å²) < 4.78 is 2.95. The summed E-state index contributed by atoms with van der Waals surface area (Å²) in [5.74, 6) is 0. The molecule has 5 nitrogen and oxygen atoms in total. The Labute approximate surface area is 156 Å². The van der Waals surface area contributed by atoms with Gasteiger partial charge in [0.05, 0.1) is 6.61 Å². The first-order valence-electron chi connectivity index (χ1n) is 6.78. The summed E-state index contributed by atoms with van der Waals surface area (Å²) in [5.41, 5.74) is 2.96. The molecule has 1 aromatic rings. The molecule has 0 aliphatic rings. The molecule has 0 radical (unpaired) electrons. The highest BCUT2D eigenvalue weighted by molar-refractivity contribution is 7.80. The number of thiocarbonyl (C=S) groups is 1. The maximum absolute atomic E-state index is 11.5. The van der Waals surface area contributed by atoms with Crippen LogP contribution < -0.4 is 16.0 Å². The van der Waals surface area contributed by atoms with Gasteiger partial charge in [-0.2, -0.15) is 0 Å². The van der Waals surface area contributed by atoms with Crippen molar-refractivity contribution in [2.24, 2.45) is 0 Å². The van der Waals surface area contributed by atoms with Gasteiger partial charge in [-0.1, -0.05) is 52.5 Å². The molecule has 1 unspecified atom stereocenters. The number of rotatable bonds is 4. The number of hydrogen-bond donors (Lipinski definition) is 3. The number of amides is 1. The molecule has 0 spiro atoms. The molecule has 0 heterocycles. The highest BCUT2D eigenvalue weighted by Gasteiger charge is 2.35. The van der Waals surface area contributed by atoms with Crippen LogP contribution in [0, 0.1) is 13.8 Å². The number of halogens is 3. The predicted molar refractivity (Wildman–Crippen MR) is 99.5 cm³/mol. The summed E-state index contributed by atoms with van der Waals surface area (Å²) in [4.78, 5) is 11.5. The van der Waals surface area contributed by atoms with E-state index < -0.39 is 16.1 Å². The molecule has 3 N–H and O–H groups in total. The van der Waals surface area contributed by atoms with Gasteiger partial charge in [-0.3, -0.25) is 5.32 Å². The highest BCUT2D eigenvalue weighted by atomic mass is 35.6. The van der Waals surface area contributed by atoms with Crippen LogP contribution in [0.2, 0.25) is 0 Å². The lowest BCUT2D eigenvalue weighted by atomic mass is 10.1. The Bertz CT molecular complexity index is 579. The van der Waals surface area contributed by atoms with Gasteiger partial charge in [0, 0.05) is 5.69 Å². The molecule has 1 atom stereocenters. The summed E-state index contributed by atoms with van der Waals surface area (Å²) in [5, 5.41) is 8.35. The lowest BCUT2D eigenvalue weighted by Crippen LogP contribution is -2.56. The van der Waals surface area contributed by atoms with Crippen LogP contribution in [-0.2, 0) is 4.74 Å². The zero-order valence-electron chi connectivity index (χ0n) is 12.9. The predicted octanol–water partition coefficient (Wildman–Crippen LogP) is 4.03. The number of carbonyl (C=O) groups is 1. The standard InChI is InChI=1S/C14H18Cl3N3O2S/c1-4-22-13(21)20-11(14(15,16)17)19-12(23)18-10-6-5-8(2)7-9(10)3/h5-7,11H,4H2,1-3H3,(H,20,21)(H2,18,19,23). The molecule has 0 aromatic heterocycles. The van der Waals surface area contributed by atoms with E-state index in [-0.39, 0.29) is 11.7 Å². The number of alkyl carbamates (subject to hydrolysis) is 1. The number of ether oxygens (including phenoxy) is 1. The van der Waals surface area contributed by atoms with Gasteiger partial charge in [-0.05, 0) is 44.6 Å². The van der Waals surface area contributed by atoms with E-state index >= 15 is 0 Å². The smallest absolute Gasteiger partial charge is 0.408 e. The zero-order chi connectivity index (χ0) is 17.6. The van der Waals surface area contributed by atoms with Gasteiger partial charge in [0.25, 0.3) is 0 Å². The van der Waals surface area contributed by atoms with Crippen molar-refractivity contribution in [3.8, 4) is 0 Å². The number of alkyl halides is 3. The van der Waals surface area contributed by atoms with Crippen molar-refractivity contribution in [3.05, 3.63) is 29.3 Å². The molecule has 0 aliphatic carbocycles. The fourth-order valence-electron chi connectivity index (χ4n) is 1.73. The van der Waals surface area contributed by atoms with Crippen LogP contribution in [0.1, 0.15) is 18.1 Å². The second-order valence-electron chi connectivity index (χ2n) is 4.76. The molecule has 1 amide bonds. The third kappa shape index (κ3) is 6.99. The summed E-state index contributed by atoms with van der Waals surface area (Å²) in [6.07, 6.45) is -1.78. The van der Waals surface area contributed by atoms with Crippen LogP contribution in [-0.4, -0.2) is 27.8 Å².